The summed E-state index contributed by atoms with van der Waals surface area (Å²) in [6.07, 6.45) is 3.60. The number of halogens is 2. The smallest absolute Gasteiger partial charge is 0.248 e. The van der Waals surface area contributed by atoms with E-state index in [0.29, 0.717) is 28.2 Å². The molecule has 0 atom stereocenters. The molecule has 2 aromatic heterocycles. The lowest BCUT2D eigenvalue weighted by Crippen LogP contribution is -2.13. The zero-order valence-corrected chi connectivity index (χ0v) is 16.4. The summed E-state index contributed by atoms with van der Waals surface area (Å²) in [6, 6.07) is 7.49. The van der Waals surface area contributed by atoms with Crippen LogP contribution in [0.25, 0.3) is 27.9 Å². The highest BCUT2D eigenvalue weighted by Gasteiger charge is 2.28. The molecule has 4 N–H and O–H groups in total. The van der Waals surface area contributed by atoms with Crippen molar-refractivity contribution in [2.75, 3.05) is 18.5 Å². The zero-order chi connectivity index (χ0) is 21.7. The average molecular weight is 423 g/mol. The maximum atomic E-state index is 14.1. The van der Waals surface area contributed by atoms with Gasteiger partial charge in [0.05, 0.1) is 29.5 Å². The molecule has 31 heavy (non-hydrogen) atoms. The summed E-state index contributed by atoms with van der Waals surface area (Å²) < 4.78 is 29.7. The SMILES string of the molecule is NC(=O)c1ccc(-c2cnc3c(NCCO)nc4cc(F)c(F)cc4n23)cc1C1CC1. The molecular formula is C22H19F2N5O2. The van der Waals surface area contributed by atoms with Crippen LogP contribution in [-0.2, 0) is 0 Å². The summed E-state index contributed by atoms with van der Waals surface area (Å²) in [7, 11) is 0. The Hall–Kier alpha value is -3.59. The summed E-state index contributed by atoms with van der Waals surface area (Å²) in [4.78, 5) is 20.7. The summed E-state index contributed by atoms with van der Waals surface area (Å²) in [6.45, 7) is 0.0930. The predicted octanol–water partition coefficient (Wildman–Crippen LogP) is 3.21. The van der Waals surface area contributed by atoms with E-state index in [1.165, 1.54) is 0 Å². The summed E-state index contributed by atoms with van der Waals surface area (Å²) in [5.41, 5.74) is 9.32. The molecule has 1 aliphatic carbocycles. The molecule has 158 valence electrons. The van der Waals surface area contributed by atoms with Crippen LogP contribution >= 0.6 is 0 Å². The molecule has 2 aromatic carbocycles. The monoisotopic (exact) mass is 423 g/mol. The number of imidazole rings is 1. The molecule has 1 saturated carbocycles. The summed E-state index contributed by atoms with van der Waals surface area (Å²) in [5.74, 6) is -1.84. The lowest BCUT2D eigenvalue weighted by atomic mass is 9.98. The second-order valence-electron chi connectivity index (χ2n) is 7.61. The minimum absolute atomic E-state index is 0.128. The number of amides is 1. The normalized spacial score (nSPS) is 13.8. The Kier molecular flexibility index (Phi) is 4.55. The van der Waals surface area contributed by atoms with Gasteiger partial charge < -0.3 is 16.2 Å². The molecule has 0 unspecified atom stereocenters. The average Bonchev–Trinajstić information content (AvgIpc) is 3.51. The molecule has 2 heterocycles. The lowest BCUT2D eigenvalue weighted by molar-refractivity contribution is 0.0999. The van der Waals surface area contributed by atoms with Crippen LogP contribution in [0.3, 0.4) is 0 Å². The second kappa shape index (κ2) is 7.28. The zero-order valence-electron chi connectivity index (χ0n) is 16.4. The standard InChI is InChI=1S/C22H19F2N5O2/c23-15-8-17-18(9-16(15)24)29-19(10-27-22(29)21(28-17)26-5-6-30)12-3-4-13(20(25)31)14(7-12)11-1-2-11/h3-4,7-11,30H,1-2,5-6H2,(H2,25,31)(H,26,28). The van der Waals surface area contributed by atoms with Crippen molar-refractivity contribution in [1.29, 1.82) is 0 Å². The number of nitrogens with two attached hydrogens (primary N) is 1. The number of rotatable bonds is 6. The molecule has 5 rings (SSSR count). The molecule has 0 bridgehead atoms. The number of aliphatic hydroxyl groups is 1. The van der Waals surface area contributed by atoms with E-state index in [0.717, 1.165) is 36.1 Å². The number of benzene rings is 2. The van der Waals surface area contributed by atoms with Crippen molar-refractivity contribution in [2.45, 2.75) is 18.8 Å². The fraction of sp³-hybridized carbons (Fsp3) is 0.227. The number of hydrogen-bond acceptors (Lipinski definition) is 5. The van der Waals surface area contributed by atoms with Gasteiger partial charge in [0.1, 0.15) is 0 Å². The Balaban J connectivity index is 1.78. The fourth-order valence-corrected chi connectivity index (χ4v) is 3.90. The number of primary amides is 1. The van der Waals surface area contributed by atoms with Gasteiger partial charge in [0.2, 0.25) is 5.91 Å². The molecule has 4 aromatic rings. The number of hydrogen-bond donors (Lipinski definition) is 3. The van der Waals surface area contributed by atoms with Gasteiger partial charge in [0.25, 0.3) is 0 Å². The van der Waals surface area contributed by atoms with Crippen LogP contribution < -0.4 is 11.1 Å². The van der Waals surface area contributed by atoms with Gasteiger partial charge in [-0.1, -0.05) is 6.07 Å². The molecule has 0 saturated heterocycles. The molecule has 0 spiro atoms. The van der Waals surface area contributed by atoms with E-state index in [4.69, 9.17) is 5.73 Å². The van der Waals surface area contributed by atoms with Gasteiger partial charge in [-0.25, -0.2) is 18.7 Å². The number of nitrogens with one attached hydrogen (secondary N) is 1. The van der Waals surface area contributed by atoms with Crippen LogP contribution in [0.1, 0.15) is 34.7 Å². The first-order valence-corrected chi connectivity index (χ1v) is 9.93. The predicted molar refractivity (Wildman–Crippen MR) is 112 cm³/mol. The first kappa shape index (κ1) is 19.4. The van der Waals surface area contributed by atoms with E-state index in [2.05, 4.69) is 15.3 Å². The number of nitrogens with zero attached hydrogens (tertiary/aromatic N) is 3. The number of carbonyl (C=O) groups excluding carboxylic acids is 1. The largest absolute Gasteiger partial charge is 0.395 e. The Morgan fingerprint density at radius 1 is 1.23 bits per heavy atom. The topological polar surface area (TPSA) is 106 Å². The molecule has 1 amide bonds. The van der Waals surface area contributed by atoms with Gasteiger partial charge in [-0.3, -0.25) is 9.20 Å². The minimum atomic E-state index is -1.00. The van der Waals surface area contributed by atoms with Crippen LogP contribution in [-0.4, -0.2) is 38.5 Å². The molecule has 1 fully saturated rings. The number of anilines is 1. The third-order valence-corrected chi connectivity index (χ3v) is 5.50. The Labute approximate surface area is 175 Å². The van der Waals surface area contributed by atoms with E-state index < -0.39 is 17.5 Å². The molecule has 7 nitrogen and oxygen atoms in total. The molecule has 9 heteroatoms. The van der Waals surface area contributed by atoms with Crippen molar-refractivity contribution in [3.63, 3.8) is 0 Å². The van der Waals surface area contributed by atoms with Crippen molar-refractivity contribution in [3.8, 4) is 11.3 Å². The fourth-order valence-electron chi connectivity index (χ4n) is 3.90. The van der Waals surface area contributed by atoms with E-state index in [1.54, 1.807) is 22.7 Å². The Bertz CT molecular complexity index is 1350. The van der Waals surface area contributed by atoms with Gasteiger partial charge >= 0.3 is 0 Å². The second-order valence-corrected chi connectivity index (χ2v) is 7.61. The molecule has 0 radical (unpaired) electrons. The highest BCUT2D eigenvalue weighted by molar-refractivity contribution is 5.95. The Morgan fingerprint density at radius 2 is 2.00 bits per heavy atom. The van der Waals surface area contributed by atoms with Gasteiger partial charge in [-0.15, -0.1) is 0 Å². The third-order valence-electron chi connectivity index (χ3n) is 5.50. The van der Waals surface area contributed by atoms with Crippen molar-refractivity contribution in [1.82, 2.24) is 14.4 Å². The van der Waals surface area contributed by atoms with Crippen molar-refractivity contribution >= 4 is 28.4 Å². The van der Waals surface area contributed by atoms with Gasteiger partial charge in [-0.05, 0) is 36.5 Å². The Morgan fingerprint density at radius 3 is 2.71 bits per heavy atom. The summed E-state index contributed by atoms with van der Waals surface area (Å²) >= 11 is 0. The number of aliphatic hydroxyl groups excluding tert-OH is 1. The first-order chi connectivity index (χ1) is 15.0. The van der Waals surface area contributed by atoms with Crippen molar-refractivity contribution < 1.29 is 18.7 Å². The van der Waals surface area contributed by atoms with Crippen LogP contribution in [0, 0.1) is 11.6 Å². The number of carbonyl (C=O) groups is 1. The van der Waals surface area contributed by atoms with Crippen molar-refractivity contribution in [2.24, 2.45) is 5.73 Å². The van der Waals surface area contributed by atoms with Crippen LogP contribution in [0.5, 0.6) is 0 Å². The van der Waals surface area contributed by atoms with Crippen molar-refractivity contribution in [3.05, 3.63) is 59.3 Å². The van der Waals surface area contributed by atoms with E-state index >= 15 is 0 Å². The quantitative estimate of drug-likeness (QED) is 0.442. The highest BCUT2D eigenvalue weighted by Crippen LogP contribution is 2.43. The first-order valence-electron chi connectivity index (χ1n) is 9.93. The maximum Gasteiger partial charge on any atom is 0.248 e. The maximum absolute atomic E-state index is 14.1. The van der Waals surface area contributed by atoms with Crippen LogP contribution in [0.15, 0.2) is 36.5 Å². The highest BCUT2D eigenvalue weighted by atomic mass is 19.2. The van der Waals surface area contributed by atoms with Gasteiger partial charge in [0, 0.05) is 29.8 Å². The van der Waals surface area contributed by atoms with E-state index in [-0.39, 0.29) is 24.6 Å². The number of fused-ring (bicyclic) bond motifs is 3. The van der Waals surface area contributed by atoms with Gasteiger partial charge in [-0.2, -0.15) is 0 Å². The minimum Gasteiger partial charge on any atom is -0.395 e. The van der Waals surface area contributed by atoms with Crippen LogP contribution in [0.2, 0.25) is 0 Å². The van der Waals surface area contributed by atoms with Gasteiger partial charge in [0.15, 0.2) is 23.1 Å². The molecular weight excluding hydrogens is 404 g/mol. The molecule has 1 aliphatic rings. The van der Waals surface area contributed by atoms with Crippen LogP contribution in [0.4, 0.5) is 14.6 Å². The molecule has 0 aliphatic heterocycles. The van der Waals surface area contributed by atoms with E-state index in [9.17, 15) is 18.7 Å². The summed E-state index contributed by atoms with van der Waals surface area (Å²) in [5, 5.41) is 12.1. The lowest BCUT2D eigenvalue weighted by Gasteiger charge is -2.13. The number of aromatic nitrogens is 3. The third kappa shape index (κ3) is 3.27. The van der Waals surface area contributed by atoms with E-state index in [1.807, 2.05) is 6.07 Å².